The molecule has 1 aromatic rings. The molecule has 0 bridgehead atoms. The molecule has 1 aliphatic heterocycles. The molecule has 0 saturated carbocycles. The monoisotopic (exact) mass is 206 g/mol. The Morgan fingerprint density at radius 3 is 2.93 bits per heavy atom. The number of nitrogens with zero attached hydrogens (tertiary/aromatic N) is 1. The molecule has 1 spiro atoms. The number of carbonyl (C=O) groups excluding carboxylic acids is 1. The fourth-order valence-corrected chi connectivity index (χ4v) is 2.72. The molecule has 0 unspecified atom stereocenters. The molecule has 0 aromatic carbocycles. The van der Waals surface area contributed by atoms with E-state index in [1.807, 2.05) is 0 Å². The van der Waals surface area contributed by atoms with E-state index in [1.165, 1.54) is 0 Å². The van der Waals surface area contributed by atoms with Crippen molar-refractivity contribution in [2.45, 2.75) is 25.7 Å². The number of carbonyl (C=O) groups is 1. The molecular weight excluding hydrogens is 192 g/mol. The number of fused-ring (bicyclic) bond motifs is 1. The minimum absolute atomic E-state index is 0.148. The topological polar surface area (TPSA) is 55.0 Å². The first kappa shape index (κ1) is 9.09. The van der Waals surface area contributed by atoms with Crippen LogP contribution in [0.4, 0.5) is 0 Å². The Hall–Kier alpha value is -1.16. The van der Waals surface area contributed by atoms with E-state index in [1.54, 1.807) is 6.33 Å². The van der Waals surface area contributed by atoms with Gasteiger partial charge < -0.3 is 9.72 Å². The zero-order chi connectivity index (χ0) is 10.3. The van der Waals surface area contributed by atoms with Crippen molar-refractivity contribution in [2.24, 2.45) is 5.41 Å². The highest BCUT2D eigenvalue weighted by Gasteiger charge is 2.40. The van der Waals surface area contributed by atoms with E-state index in [0.717, 1.165) is 38.2 Å². The summed E-state index contributed by atoms with van der Waals surface area (Å²) in [6.07, 6.45) is 5.22. The lowest BCUT2D eigenvalue weighted by atomic mass is 9.69. The fraction of sp³-hybridized carbons (Fsp3) is 0.636. The van der Waals surface area contributed by atoms with Gasteiger partial charge in [0.05, 0.1) is 6.33 Å². The van der Waals surface area contributed by atoms with E-state index in [4.69, 9.17) is 4.74 Å². The van der Waals surface area contributed by atoms with Gasteiger partial charge in [-0.05, 0) is 24.7 Å². The molecule has 2 heterocycles. The van der Waals surface area contributed by atoms with Crippen molar-refractivity contribution in [2.75, 3.05) is 13.2 Å². The van der Waals surface area contributed by atoms with Crippen LogP contribution >= 0.6 is 0 Å². The van der Waals surface area contributed by atoms with E-state index < -0.39 is 0 Å². The summed E-state index contributed by atoms with van der Waals surface area (Å²) in [6.45, 7) is 1.58. The second kappa shape index (κ2) is 3.17. The summed E-state index contributed by atoms with van der Waals surface area (Å²) in [5.74, 6) is 0.194. The maximum Gasteiger partial charge on any atom is 0.183 e. The molecule has 1 aromatic heterocycles. The summed E-state index contributed by atoms with van der Waals surface area (Å²) >= 11 is 0. The third-order valence-electron chi connectivity index (χ3n) is 3.62. The van der Waals surface area contributed by atoms with E-state index in [2.05, 4.69) is 9.97 Å². The number of hydrogen-bond donors (Lipinski definition) is 1. The van der Waals surface area contributed by atoms with Crippen molar-refractivity contribution in [3.8, 4) is 0 Å². The summed E-state index contributed by atoms with van der Waals surface area (Å²) < 4.78 is 5.36. The van der Waals surface area contributed by atoms with Crippen LogP contribution in [-0.4, -0.2) is 29.0 Å². The van der Waals surface area contributed by atoms with Crippen LogP contribution in [0, 0.1) is 5.41 Å². The van der Waals surface area contributed by atoms with Crippen molar-refractivity contribution in [1.82, 2.24) is 9.97 Å². The summed E-state index contributed by atoms with van der Waals surface area (Å²) in [5.41, 5.74) is 1.83. The third kappa shape index (κ3) is 1.40. The van der Waals surface area contributed by atoms with Crippen LogP contribution in [0.25, 0.3) is 0 Å². The van der Waals surface area contributed by atoms with Gasteiger partial charge in [-0.3, -0.25) is 4.79 Å². The number of ether oxygens (including phenoxy) is 1. The Balaban J connectivity index is 1.94. The molecule has 1 fully saturated rings. The number of H-pyrrole nitrogens is 1. The lowest BCUT2D eigenvalue weighted by Gasteiger charge is -2.38. The molecule has 3 rings (SSSR count). The fourth-order valence-electron chi connectivity index (χ4n) is 2.72. The van der Waals surface area contributed by atoms with Gasteiger partial charge in [0.15, 0.2) is 5.78 Å². The van der Waals surface area contributed by atoms with Gasteiger partial charge in [-0.15, -0.1) is 0 Å². The van der Waals surface area contributed by atoms with Crippen LogP contribution in [0.15, 0.2) is 6.33 Å². The van der Waals surface area contributed by atoms with Gasteiger partial charge in [-0.25, -0.2) is 4.98 Å². The minimum Gasteiger partial charge on any atom is -0.381 e. The molecule has 0 amide bonds. The zero-order valence-electron chi connectivity index (χ0n) is 8.58. The standard InChI is InChI=1S/C11H14N2O2/c14-9-6-11(1-3-15-4-2-11)5-8-10(9)13-7-12-8/h7H,1-6H2,(H,12,13). The van der Waals surface area contributed by atoms with Gasteiger partial charge in [-0.1, -0.05) is 0 Å². The van der Waals surface area contributed by atoms with Gasteiger partial charge >= 0.3 is 0 Å². The average Bonchev–Trinajstić information content (AvgIpc) is 2.67. The predicted molar refractivity (Wildman–Crippen MR) is 53.7 cm³/mol. The maximum atomic E-state index is 11.9. The number of nitrogens with one attached hydrogen (secondary N) is 1. The zero-order valence-corrected chi connectivity index (χ0v) is 8.58. The molecule has 80 valence electrons. The van der Waals surface area contributed by atoms with Gasteiger partial charge in [0.2, 0.25) is 0 Å². The molecule has 2 aliphatic rings. The second-order valence-electron chi connectivity index (χ2n) is 4.62. The minimum atomic E-state index is 0.148. The summed E-state index contributed by atoms with van der Waals surface area (Å²) in [5, 5.41) is 0. The van der Waals surface area contributed by atoms with Gasteiger partial charge in [-0.2, -0.15) is 0 Å². The number of aromatic nitrogens is 2. The number of hydrogen-bond acceptors (Lipinski definition) is 3. The first-order chi connectivity index (χ1) is 7.29. The SMILES string of the molecule is O=C1CC2(CCOCC2)Cc2[nH]cnc21. The number of aromatic amines is 1. The number of imidazole rings is 1. The van der Waals surface area contributed by atoms with Crippen molar-refractivity contribution >= 4 is 5.78 Å². The van der Waals surface area contributed by atoms with Gasteiger partial charge in [0, 0.05) is 25.3 Å². The largest absolute Gasteiger partial charge is 0.381 e. The lowest BCUT2D eigenvalue weighted by molar-refractivity contribution is 0.00875. The summed E-state index contributed by atoms with van der Waals surface area (Å²) in [6, 6.07) is 0. The van der Waals surface area contributed by atoms with E-state index in [9.17, 15) is 4.79 Å². The molecular formula is C11H14N2O2. The van der Waals surface area contributed by atoms with Crippen LogP contribution in [0.1, 0.15) is 35.4 Å². The molecule has 1 aliphatic carbocycles. The van der Waals surface area contributed by atoms with E-state index >= 15 is 0 Å². The van der Waals surface area contributed by atoms with Crippen LogP contribution in [0.5, 0.6) is 0 Å². The smallest absolute Gasteiger partial charge is 0.183 e. The number of Topliss-reactive ketones (excluding diaryl/α,β-unsaturated/α-hetero) is 1. The van der Waals surface area contributed by atoms with Crippen molar-refractivity contribution in [3.05, 3.63) is 17.7 Å². The Kier molecular flexibility index (Phi) is 1.92. The highest BCUT2D eigenvalue weighted by molar-refractivity contribution is 5.96. The Morgan fingerprint density at radius 1 is 1.33 bits per heavy atom. The van der Waals surface area contributed by atoms with Gasteiger partial charge in [0.1, 0.15) is 5.69 Å². The summed E-state index contributed by atoms with van der Waals surface area (Å²) in [4.78, 5) is 19.1. The highest BCUT2D eigenvalue weighted by atomic mass is 16.5. The second-order valence-corrected chi connectivity index (χ2v) is 4.62. The molecule has 0 atom stereocenters. The normalized spacial score (nSPS) is 24.1. The van der Waals surface area contributed by atoms with Crippen molar-refractivity contribution in [3.63, 3.8) is 0 Å². The molecule has 4 heteroatoms. The van der Waals surface area contributed by atoms with Gasteiger partial charge in [0.25, 0.3) is 0 Å². The van der Waals surface area contributed by atoms with Crippen LogP contribution in [0.3, 0.4) is 0 Å². The molecule has 15 heavy (non-hydrogen) atoms. The molecule has 1 N–H and O–H groups in total. The van der Waals surface area contributed by atoms with Crippen molar-refractivity contribution < 1.29 is 9.53 Å². The summed E-state index contributed by atoms with van der Waals surface area (Å²) in [7, 11) is 0. The predicted octanol–water partition coefficient (Wildman–Crippen LogP) is 1.34. The number of ketones is 1. The van der Waals surface area contributed by atoms with E-state index in [-0.39, 0.29) is 11.2 Å². The molecule has 1 saturated heterocycles. The van der Waals surface area contributed by atoms with Crippen molar-refractivity contribution in [1.29, 1.82) is 0 Å². The Labute approximate surface area is 88.0 Å². The quantitative estimate of drug-likeness (QED) is 0.696. The molecule has 0 radical (unpaired) electrons. The van der Waals surface area contributed by atoms with Crippen LogP contribution in [-0.2, 0) is 11.2 Å². The first-order valence-corrected chi connectivity index (χ1v) is 5.42. The number of rotatable bonds is 0. The average molecular weight is 206 g/mol. The Bertz CT molecular complexity index is 391. The first-order valence-electron chi connectivity index (χ1n) is 5.42. The Morgan fingerprint density at radius 2 is 2.13 bits per heavy atom. The maximum absolute atomic E-state index is 11.9. The highest BCUT2D eigenvalue weighted by Crippen LogP contribution is 2.41. The van der Waals surface area contributed by atoms with E-state index in [0.29, 0.717) is 12.1 Å². The van der Waals surface area contributed by atoms with Crippen LogP contribution in [0.2, 0.25) is 0 Å². The lowest BCUT2D eigenvalue weighted by Crippen LogP contribution is -2.37. The molecule has 4 nitrogen and oxygen atoms in total. The third-order valence-corrected chi connectivity index (χ3v) is 3.62. The van der Waals surface area contributed by atoms with Crippen LogP contribution < -0.4 is 0 Å².